The molecule has 0 aliphatic heterocycles. The van der Waals surface area contributed by atoms with Crippen LogP contribution in [0.3, 0.4) is 0 Å². The van der Waals surface area contributed by atoms with E-state index >= 15 is 0 Å². The van der Waals surface area contributed by atoms with Gasteiger partial charge in [-0.25, -0.2) is 0 Å². The number of aromatic hydroxyl groups is 1. The van der Waals surface area contributed by atoms with Crippen LogP contribution in [0.4, 0.5) is 0 Å². The van der Waals surface area contributed by atoms with Crippen molar-refractivity contribution in [2.45, 2.75) is 39.0 Å². The van der Waals surface area contributed by atoms with Crippen LogP contribution in [-0.2, 0) is 6.42 Å². The van der Waals surface area contributed by atoms with Gasteiger partial charge in [0.1, 0.15) is 5.75 Å². The van der Waals surface area contributed by atoms with E-state index in [1.807, 2.05) is 12.1 Å². The number of benzene rings is 2. The first-order valence-corrected chi connectivity index (χ1v) is 7.89. The van der Waals surface area contributed by atoms with Crippen LogP contribution in [0, 0.1) is 0 Å². The van der Waals surface area contributed by atoms with E-state index in [1.54, 1.807) is 6.07 Å². The zero-order valence-electron chi connectivity index (χ0n) is 12.6. The highest BCUT2D eigenvalue weighted by molar-refractivity contribution is 5.92. The number of rotatable bonds is 3. The van der Waals surface area contributed by atoms with Gasteiger partial charge in [-0.3, -0.25) is 0 Å². The largest absolute Gasteiger partial charge is 0.508 e. The topological polar surface area (TPSA) is 20.2 Å². The fourth-order valence-electron chi connectivity index (χ4n) is 3.35. The molecule has 108 valence electrons. The Morgan fingerprint density at radius 2 is 1.86 bits per heavy atom. The summed E-state index contributed by atoms with van der Waals surface area (Å²) >= 11 is 0. The highest BCUT2D eigenvalue weighted by atomic mass is 16.3. The van der Waals surface area contributed by atoms with E-state index in [0.717, 1.165) is 25.7 Å². The second-order valence-corrected chi connectivity index (χ2v) is 5.77. The Labute approximate surface area is 127 Å². The van der Waals surface area contributed by atoms with E-state index in [4.69, 9.17) is 0 Å². The monoisotopic (exact) mass is 278 g/mol. The molecule has 1 aliphatic rings. The molecule has 0 bridgehead atoms. The van der Waals surface area contributed by atoms with Gasteiger partial charge in [0.05, 0.1) is 0 Å². The highest BCUT2D eigenvalue weighted by Gasteiger charge is 2.17. The zero-order chi connectivity index (χ0) is 14.7. The van der Waals surface area contributed by atoms with Crippen LogP contribution in [0.25, 0.3) is 11.1 Å². The molecule has 0 saturated heterocycles. The van der Waals surface area contributed by atoms with Gasteiger partial charge in [-0.05, 0) is 65.7 Å². The first-order valence-electron chi connectivity index (χ1n) is 7.89. The fourth-order valence-corrected chi connectivity index (χ4v) is 3.35. The van der Waals surface area contributed by atoms with E-state index in [9.17, 15) is 5.11 Å². The van der Waals surface area contributed by atoms with Crippen molar-refractivity contribution in [3.8, 4) is 5.75 Å². The highest BCUT2D eigenvalue weighted by Crippen LogP contribution is 2.38. The van der Waals surface area contributed by atoms with Gasteiger partial charge in [0.25, 0.3) is 0 Å². The maximum atomic E-state index is 9.80. The molecule has 2 aromatic carbocycles. The average molecular weight is 278 g/mol. The lowest BCUT2D eigenvalue weighted by Crippen LogP contribution is -1.93. The van der Waals surface area contributed by atoms with E-state index in [0.29, 0.717) is 5.75 Å². The Kier molecular flexibility index (Phi) is 4.10. The smallest absolute Gasteiger partial charge is 0.116 e. The maximum absolute atomic E-state index is 9.80. The lowest BCUT2D eigenvalue weighted by atomic mass is 9.90. The fraction of sp³-hybridized carbons (Fsp3) is 0.300. The van der Waals surface area contributed by atoms with Crippen molar-refractivity contribution in [1.82, 2.24) is 0 Å². The normalized spacial score (nSPS) is 14.7. The molecule has 0 atom stereocenters. The van der Waals surface area contributed by atoms with Crippen molar-refractivity contribution >= 4 is 11.1 Å². The molecule has 1 heteroatoms. The molecule has 0 amide bonds. The lowest BCUT2D eigenvalue weighted by Gasteiger charge is -2.15. The minimum absolute atomic E-state index is 0.355. The van der Waals surface area contributed by atoms with Gasteiger partial charge >= 0.3 is 0 Å². The Morgan fingerprint density at radius 1 is 1.00 bits per heavy atom. The molecular formula is C20H22O. The molecule has 0 heterocycles. The second kappa shape index (κ2) is 6.17. The van der Waals surface area contributed by atoms with Crippen LogP contribution < -0.4 is 0 Å². The summed E-state index contributed by atoms with van der Waals surface area (Å²) < 4.78 is 0. The van der Waals surface area contributed by atoms with Gasteiger partial charge in [-0.2, -0.15) is 0 Å². The minimum atomic E-state index is 0.355. The summed E-state index contributed by atoms with van der Waals surface area (Å²) in [6, 6.07) is 16.5. The molecular weight excluding hydrogens is 256 g/mol. The van der Waals surface area contributed by atoms with Crippen molar-refractivity contribution in [2.24, 2.45) is 0 Å². The molecule has 0 fully saturated rings. The first kappa shape index (κ1) is 13.9. The summed E-state index contributed by atoms with van der Waals surface area (Å²) in [5, 5.41) is 9.80. The lowest BCUT2D eigenvalue weighted by molar-refractivity contribution is 0.475. The number of phenolic OH excluding ortho intramolecular Hbond substituents is 1. The van der Waals surface area contributed by atoms with E-state index < -0.39 is 0 Å². The molecule has 0 aromatic heterocycles. The maximum Gasteiger partial charge on any atom is 0.116 e. The molecule has 21 heavy (non-hydrogen) atoms. The van der Waals surface area contributed by atoms with Gasteiger partial charge in [0.15, 0.2) is 0 Å². The third-order valence-corrected chi connectivity index (χ3v) is 4.27. The number of hydrogen-bond acceptors (Lipinski definition) is 1. The Balaban J connectivity index is 2.18. The third-order valence-electron chi connectivity index (χ3n) is 4.27. The van der Waals surface area contributed by atoms with Crippen molar-refractivity contribution in [1.29, 1.82) is 0 Å². The summed E-state index contributed by atoms with van der Waals surface area (Å²) in [5.74, 6) is 0.355. The van der Waals surface area contributed by atoms with Gasteiger partial charge in [0.2, 0.25) is 0 Å². The number of allylic oxidation sites excluding steroid dienone is 2. The van der Waals surface area contributed by atoms with Crippen LogP contribution in [0.15, 0.2) is 48.5 Å². The SMILES string of the molecule is CCCC1=C(c2cccc(O)c2)CCCc2ccccc21. The number of phenols is 1. The van der Waals surface area contributed by atoms with Gasteiger partial charge < -0.3 is 5.11 Å². The van der Waals surface area contributed by atoms with Crippen LogP contribution in [0.2, 0.25) is 0 Å². The van der Waals surface area contributed by atoms with Crippen molar-refractivity contribution in [2.75, 3.05) is 0 Å². The van der Waals surface area contributed by atoms with Gasteiger partial charge in [0, 0.05) is 0 Å². The molecule has 1 aliphatic carbocycles. The Hall–Kier alpha value is -2.02. The molecule has 0 unspecified atom stereocenters. The van der Waals surface area contributed by atoms with Crippen LogP contribution in [0.5, 0.6) is 5.75 Å². The molecule has 0 saturated carbocycles. The van der Waals surface area contributed by atoms with Crippen molar-refractivity contribution in [3.63, 3.8) is 0 Å². The Morgan fingerprint density at radius 3 is 2.67 bits per heavy atom. The summed E-state index contributed by atoms with van der Waals surface area (Å²) in [6.07, 6.45) is 5.66. The van der Waals surface area contributed by atoms with Crippen LogP contribution >= 0.6 is 0 Å². The van der Waals surface area contributed by atoms with Crippen LogP contribution in [0.1, 0.15) is 49.3 Å². The molecule has 2 aromatic rings. The molecule has 0 radical (unpaired) electrons. The molecule has 1 nitrogen and oxygen atoms in total. The first-order chi connectivity index (χ1) is 10.3. The summed E-state index contributed by atoms with van der Waals surface area (Å²) in [6.45, 7) is 2.24. The van der Waals surface area contributed by atoms with Gasteiger partial charge in [-0.1, -0.05) is 49.7 Å². The van der Waals surface area contributed by atoms with Crippen molar-refractivity contribution in [3.05, 3.63) is 65.2 Å². The van der Waals surface area contributed by atoms with Crippen molar-refractivity contribution < 1.29 is 5.11 Å². The zero-order valence-corrected chi connectivity index (χ0v) is 12.6. The quantitative estimate of drug-likeness (QED) is 0.792. The standard InChI is InChI=1S/C20H22O/c1-2-7-20-18-12-4-3-8-15(18)9-6-13-19(20)16-10-5-11-17(21)14-16/h3-5,8,10-12,14,21H,2,6-7,9,13H2,1H3. The average Bonchev–Trinajstić information content (AvgIpc) is 2.68. The summed E-state index contributed by atoms with van der Waals surface area (Å²) in [4.78, 5) is 0. The summed E-state index contributed by atoms with van der Waals surface area (Å²) in [5.41, 5.74) is 6.94. The van der Waals surface area contributed by atoms with Crippen LogP contribution in [-0.4, -0.2) is 5.11 Å². The van der Waals surface area contributed by atoms with E-state index in [-0.39, 0.29) is 0 Å². The molecule has 3 rings (SSSR count). The molecule has 0 spiro atoms. The Bertz CT molecular complexity index is 667. The number of fused-ring (bicyclic) bond motifs is 1. The predicted octanol–water partition coefficient (Wildman–Crippen LogP) is 5.44. The second-order valence-electron chi connectivity index (χ2n) is 5.77. The minimum Gasteiger partial charge on any atom is -0.508 e. The predicted molar refractivity (Wildman–Crippen MR) is 89.2 cm³/mol. The number of aryl methyl sites for hydroxylation is 1. The summed E-state index contributed by atoms with van der Waals surface area (Å²) in [7, 11) is 0. The molecule has 1 N–H and O–H groups in total. The van der Waals surface area contributed by atoms with E-state index in [1.165, 1.54) is 34.3 Å². The number of hydrogen-bond donors (Lipinski definition) is 1. The van der Waals surface area contributed by atoms with Gasteiger partial charge in [-0.15, -0.1) is 0 Å². The van der Waals surface area contributed by atoms with E-state index in [2.05, 4.69) is 37.3 Å². The third kappa shape index (κ3) is 2.87.